The molecule has 0 atom stereocenters. The van der Waals surface area contributed by atoms with Crippen molar-refractivity contribution in [3.63, 3.8) is 0 Å². The molecule has 0 amide bonds. The average molecular weight is 297 g/mol. The van der Waals surface area contributed by atoms with Gasteiger partial charge in [-0.3, -0.25) is 0 Å². The second-order valence-electron chi connectivity index (χ2n) is 4.53. The summed E-state index contributed by atoms with van der Waals surface area (Å²) in [5, 5.41) is 16.7. The lowest BCUT2D eigenvalue weighted by molar-refractivity contribution is 0.509. The van der Waals surface area contributed by atoms with Gasteiger partial charge in [-0.05, 0) is 36.4 Å². The van der Waals surface area contributed by atoms with E-state index in [-0.39, 0.29) is 11.5 Å². The minimum Gasteiger partial charge on any atom is -0.382 e. The van der Waals surface area contributed by atoms with Crippen LogP contribution in [0.2, 0.25) is 0 Å². The maximum atomic E-state index is 13.3. The maximum absolute atomic E-state index is 13.3. The first-order chi connectivity index (χ1) is 10.6. The zero-order valence-corrected chi connectivity index (χ0v) is 11.2. The van der Waals surface area contributed by atoms with E-state index < -0.39 is 11.6 Å². The Morgan fingerprint density at radius 3 is 2.64 bits per heavy atom. The molecule has 0 saturated heterocycles. The van der Waals surface area contributed by atoms with Crippen LogP contribution < -0.4 is 5.73 Å². The summed E-state index contributed by atoms with van der Waals surface area (Å²) in [7, 11) is 0. The van der Waals surface area contributed by atoms with Gasteiger partial charge in [0.05, 0.1) is 17.3 Å². The molecule has 22 heavy (non-hydrogen) atoms. The molecule has 1 aromatic heterocycles. The Hall–Kier alpha value is -3.27. The van der Waals surface area contributed by atoms with E-state index in [2.05, 4.69) is 10.3 Å². The normalized spacial score (nSPS) is 10.4. The minimum absolute atomic E-state index is 0.168. The monoisotopic (exact) mass is 297 g/mol. The third-order valence-electron chi connectivity index (χ3n) is 3.12. The Labute approximate surface area is 124 Å². The van der Waals surface area contributed by atoms with Gasteiger partial charge >= 0.3 is 0 Å². The largest absolute Gasteiger partial charge is 0.382 e. The first-order valence-electron chi connectivity index (χ1n) is 6.27. The van der Waals surface area contributed by atoms with E-state index >= 15 is 0 Å². The van der Waals surface area contributed by atoms with Gasteiger partial charge in [0.25, 0.3) is 0 Å². The molecule has 0 spiro atoms. The average Bonchev–Trinajstić information content (AvgIpc) is 2.92. The van der Waals surface area contributed by atoms with Crippen molar-refractivity contribution < 1.29 is 8.78 Å². The molecule has 7 heteroatoms. The fourth-order valence-electron chi connectivity index (χ4n) is 2.04. The highest BCUT2D eigenvalue weighted by Crippen LogP contribution is 2.26. The van der Waals surface area contributed by atoms with Crippen LogP contribution in [0.25, 0.3) is 16.9 Å². The van der Waals surface area contributed by atoms with E-state index in [1.165, 1.54) is 10.7 Å². The highest BCUT2D eigenvalue weighted by molar-refractivity contribution is 5.71. The van der Waals surface area contributed by atoms with Crippen LogP contribution in [0.15, 0.2) is 42.5 Å². The number of nitriles is 1. The molecule has 3 aromatic rings. The van der Waals surface area contributed by atoms with E-state index in [1.807, 2.05) is 6.07 Å². The molecule has 0 unspecified atom stereocenters. The Balaban J connectivity index is 2.08. The molecule has 2 N–H and O–H groups in total. The third kappa shape index (κ3) is 2.27. The Kier molecular flexibility index (Phi) is 3.27. The number of anilines is 1. The summed E-state index contributed by atoms with van der Waals surface area (Å²) in [5.74, 6) is -1.77. The number of rotatable bonds is 2. The highest BCUT2D eigenvalue weighted by atomic mass is 19.2. The summed E-state index contributed by atoms with van der Waals surface area (Å²) in [5.41, 5.74) is 7.54. The number of halogens is 2. The van der Waals surface area contributed by atoms with Crippen molar-refractivity contribution >= 4 is 5.82 Å². The van der Waals surface area contributed by atoms with Crippen molar-refractivity contribution in [2.75, 3.05) is 5.73 Å². The van der Waals surface area contributed by atoms with Crippen molar-refractivity contribution in [2.45, 2.75) is 0 Å². The van der Waals surface area contributed by atoms with E-state index in [0.29, 0.717) is 16.8 Å². The molecule has 0 saturated carbocycles. The lowest BCUT2D eigenvalue weighted by atomic mass is 10.1. The third-order valence-corrected chi connectivity index (χ3v) is 3.12. The van der Waals surface area contributed by atoms with Gasteiger partial charge in [0.1, 0.15) is 5.69 Å². The zero-order chi connectivity index (χ0) is 15.7. The molecule has 0 radical (unpaired) electrons. The summed E-state index contributed by atoms with van der Waals surface area (Å²) in [4.78, 5) is 0. The van der Waals surface area contributed by atoms with Crippen LogP contribution >= 0.6 is 0 Å². The lowest BCUT2D eigenvalue weighted by Crippen LogP contribution is -2.02. The molecular weight excluding hydrogens is 288 g/mol. The Morgan fingerprint density at radius 1 is 1.09 bits per heavy atom. The summed E-state index contributed by atoms with van der Waals surface area (Å²) in [6.07, 6.45) is 0. The van der Waals surface area contributed by atoms with E-state index in [1.54, 1.807) is 24.3 Å². The zero-order valence-electron chi connectivity index (χ0n) is 11.2. The number of nitrogens with zero attached hydrogens (tertiary/aromatic N) is 4. The van der Waals surface area contributed by atoms with Crippen LogP contribution in [0.4, 0.5) is 14.6 Å². The summed E-state index contributed by atoms with van der Waals surface area (Å²) in [6, 6.07) is 12.0. The quantitative estimate of drug-likeness (QED) is 0.788. The molecule has 0 bridgehead atoms. The lowest BCUT2D eigenvalue weighted by Gasteiger charge is -2.04. The van der Waals surface area contributed by atoms with E-state index in [9.17, 15) is 8.78 Å². The molecule has 0 fully saturated rings. The summed E-state index contributed by atoms with van der Waals surface area (Å²) < 4.78 is 27.6. The van der Waals surface area contributed by atoms with Gasteiger partial charge < -0.3 is 5.73 Å². The van der Waals surface area contributed by atoms with E-state index in [0.717, 1.165) is 12.1 Å². The number of benzene rings is 2. The second kappa shape index (κ2) is 5.26. The first kappa shape index (κ1) is 13.7. The van der Waals surface area contributed by atoms with Gasteiger partial charge in [0, 0.05) is 5.56 Å². The summed E-state index contributed by atoms with van der Waals surface area (Å²) in [6.45, 7) is 0. The number of nitrogen functional groups attached to an aromatic ring is 1. The van der Waals surface area contributed by atoms with Gasteiger partial charge in [-0.2, -0.15) is 9.94 Å². The number of aromatic nitrogens is 3. The van der Waals surface area contributed by atoms with Crippen molar-refractivity contribution in [3.05, 3.63) is 59.7 Å². The second-order valence-corrected chi connectivity index (χ2v) is 4.53. The summed E-state index contributed by atoms with van der Waals surface area (Å²) >= 11 is 0. The topological polar surface area (TPSA) is 80.5 Å². The van der Waals surface area contributed by atoms with Gasteiger partial charge in [-0.15, -0.1) is 5.10 Å². The Morgan fingerprint density at radius 2 is 1.91 bits per heavy atom. The van der Waals surface area contributed by atoms with Gasteiger partial charge in [0.15, 0.2) is 17.5 Å². The molecule has 3 rings (SSSR count). The SMILES string of the molecule is N#Cc1cccc(-n2nnc(-c3ccc(F)c(F)c3)c2N)c1. The molecular formula is C15H9F2N5. The van der Waals surface area contributed by atoms with Crippen molar-refractivity contribution in [1.82, 2.24) is 15.0 Å². The fraction of sp³-hybridized carbons (Fsp3) is 0. The first-order valence-corrected chi connectivity index (χ1v) is 6.27. The molecule has 2 aromatic carbocycles. The van der Waals surface area contributed by atoms with Crippen LogP contribution in [-0.2, 0) is 0 Å². The van der Waals surface area contributed by atoms with Gasteiger partial charge in [0.2, 0.25) is 0 Å². The molecule has 0 aliphatic heterocycles. The van der Waals surface area contributed by atoms with E-state index in [4.69, 9.17) is 11.0 Å². The smallest absolute Gasteiger partial charge is 0.159 e. The van der Waals surface area contributed by atoms with Crippen LogP contribution in [0.5, 0.6) is 0 Å². The maximum Gasteiger partial charge on any atom is 0.159 e. The molecule has 5 nitrogen and oxygen atoms in total. The predicted octanol–water partition coefficient (Wildman–Crippen LogP) is 2.67. The van der Waals surface area contributed by atoms with Crippen LogP contribution in [0, 0.1) is 23.0 Å². The Bertz CT molecular complexity index is 895. The van der Waals surface area contributed by atoms with Crippen LogP contribution in [0.1, 0.15) is 5.56 Å². The minimum atomic E-state index is -0.988. The molecule has 0 aliphatic rings. The highest BCUT2D eigenvalue weighted by Gasteiger charge is 2.15. The predicted molar refractivity (Wildman–Crippen MR) is 75.8 cm³/mol. The van der Waals surface area contributed by atoms with Crippen molar-refractivity contribution in [1.29, 1.82) is 5.26 Å². The number of hydrogen-bond donors (Lipinski definition) is 1. The molecule has 0 aliphatic carbocycles. The van der Waals surface area contributed by atoms with Crippen molar-refractivity contribution in [2.24, 2.45) is 0 Å². The molecule has 108 valence electrons. The van der Waals surface area contributed by atoms with Gasteiger partial charge in [-0.1, -0.05) is 11.3 Å². The molecule has 1 heterocycles. The van der Waals surface area contributed by atoms with Crippen molar-refractivity contribution in [3.8, 4) is 23.0 Å². The number of nitrogens with two attached hydrogens (primary N) is 1. The van der Waals surface area contributed by atoms with Crippen LogP contribution in [-0.4, -0.2) is 15.0 Å². The van der Waals surface area contributed by atoms with Crippen LogP contribution in [0.3, 0.4) is 0 Å². The fourth-order valence-corrected chi connectivity index (χ4v) is 2.04. The standard InChI is InChI=1S/C15H9F2N5/c16-12-5-4-10(7-13(12)17)14-15(19)22(21-20-14)11-3-1-2-9(6-11)8-18/h1-7H,19H2. The number of hydrogen-bond acceptors (Lipinski definition) is 4. The van der Waals surface area contributed by atoms with Gasteiger partial charge in [-0.25, -0.2) is 8.78 Å².